The summed E-state index contributed by atoms with van der Waals surface area (Å²) in [5, 5.41) is 3.30. The first-order valence-electron chi connectivity index (χ1n) is 6.81. The maximum atomic E-state index is 12.4. The van der Waals surface area contributed by atoms with Crippen molar-refractivity contribution >= 4 is 6.09 Å². The van der Waals surface area contributed by atoms with Gasteiger partial charge < -0.3 is 10.1 Å². The van der Waals surface area contributed by atoms with Crippen molar-refractivity contribution in [3.05, 3.63) is 24.3 Å². The third-order valence-corrected chi connectivity index (χ3v) is 3.31. The van der Waals surface area contributed by atoms with Crippen LogP contribution in [-0.4, -0.2) is 46.2 Å². The fraction of sp³-hybridized carbons (Fsp3) is 0.643. The first-order chi connectivity index (χ1) is 9.33. The van der Waals surface area contributed by atoms with Gasteiger partial charge in [-0.1, -0.05) is 0 Å². The largest absolute Gasteiger partial charge is 0.444 e. The predicted molar refractivity (Wildman–Crippen MR) is 75.2 cm³/mol. The first kappa shape index (κ1) is 14.7. The number of piperazine rings is 1. The molecule has 0 radical (unpaired) electrons. The van der Waals surface area contributed by atoms with Gasteiger partial charge >= 0.3 is 6.09 Å². The number of carbonyl (C=O) groups is 1. The molecule has 110 valence electrons. The number of amides is 1. The van der Waals surface area contributed by atoms with Crippen LogP contribution in [0.25, 0.3) is 0 Å². The molecule has 1 fully saturated rings. The van der Waals surface area contributed by atoms with E-state index in [2.05, 4.69) is 15.3 Å². The normalized spacial score (nSPS) is 23.5. The Labute approximate surface area is 119 Å². The lowest BCUT2D eigenvalue weighted by atomic mass is 9.94. The van der Waals surface area contributed by atoms with E-state index in [1.54, 1.807) is 23.5 Å². The summed E-state index contributed by atoms with van der Waals surface area (Å²) in [6.45, 7) is 9.54. The summed E-state index contributed by atoms with van der Waals surface area (Å²) >= 11 is 0. The molecule has 1 saturated heterocycles. The molecule has 0 aliphatic carbocycles. The number of hydrogen-bond donors (Lipinski definition) is 1. The molecule has 20 heavy (non-hydrogen) atoms. The van der Waals surface area contributed by atoms with E-state index in [1.165, 1.54) is 0 Å². The molecule has 6 heteroatoms. The summed E-state index contributed by atoms with van der Waals surface area (Å²) in [7, 11) is 0. The predicted octanol–water partition coefficient (Wildman–Crippen LogP) is 1.53. The summed E-state index contributed by atoms with van der Waals surface area (Å²) in [6, 6.07) is 0. The van der Waals surface area contributed by atoms with Crippen LogP contribution < -0.4 is 5.32 Å². The topological polar surface area (TPSA) is 67.3 Å². The Kier molecular flexibility index (Phi) is 3.94. The fourth-order valence-corrected chi connectivity index (χ4v) is 2.28. The monoisotopic (exact) mass is 278 g/mol. The molecule has 2 rings (SSSR count). The van der Waals surface area contributed by atoms with Gasteiger partial charge in [0, 0.05) is 32.0 Å². The van der Waals surface area contributed by atoms with Gasteiger partial charge in [0.15, 0.2) is 0 Å². The average molecular weight is 278 g/mol. The minimum atomic E-state index is -0.547. The number of ether oxygens (including phenoxy) is 1. The van der Waals surface area contributed by atoms with Crippen LogP contribution in [0.1, 0.15) is 33.4 Å². The van der Waals surface area contributed by atoms with Gasteiger partial charge in [-0.2, -0.15) is 0 Å². The third-order valence-electron chi connectivity index (χ3n) is 3.31. The number of nitrogens with zero attached hydrogens (tertiary/aromatic N) is 3. The molecular formula is C14H22N4O2. The maximum Gasteiger partial charge on any atom is 0.411 e. The summed E-state index contributed by atoms with van der Waals surface area (Å²) in [5.41, 5.74) is -0.293. The van der Waals surface area contributed by atoms with Crippen LogP contribution in [0, 0.1) is 0 Å². The van der Waals surface area contributed by atoms with Crippen LogP contribution in [0.4, 0.5) is 4.79 Å². The van der Waals surface area contributed by atoms with Crippen molar-refractivity contribution < 1.29 is 9.53 Å². The standard InChI is InChI=1S/C14H22N4O2/c1-13(2,3)20-12(19)18-8-7-16-10-14(18,4)11-9-15-5-6-17-11/h5-6,9,16H,7-8,10H2,1-4H3. The van der Waals surface area contributed by atoms with E-state index in [0.29, 0.717) is 13.1 Å². The fourth-order valence-electron chi connectivity index (χ4n) is 2.28. The lowest BCUT2D eigenvalue weighted by molar-refractivity contribution is -0.00929. The van der Waals surface area contributed by atoms with E-state index in [9.17, 15) is 4.79 Å². The Hall–Kier alpha value is -1.69. The molecule has 2 heterocycles. The molecule has 6 nitrogen and oxygen atoms in total. The van der Waals surface area contributed by atoms with Gasteiger partial charge in [0.25, 0.3) is 0 Å². The number of nitrogens with one attached hydrogen (secondary N) is 1. The quantitative estimate of drug-likeness (QED) is 0.844. The van der Waals surface area contributed by atoms with E-state index >= 15 is 0 Å². The second-order valence-electron chi connectivity index (χ2n) is 6.17. The molecule has 0 saturated carbocycles. The number of hydrogen-bond acceptors (Lipinski definition) is 5. The second-order valence-corrected chi connectivity index (χ2v) is 6.17. The van der Waals surface area contributed by atoms with Gasteiger partial charge in [-0.25, -0.2) is 4.79 Å². The Bertz CT molecular complexity index is 472. The summed E-state index contributed by atoms with van der Waals surface area (Å²) in [5.74, 6) is 0. The first-order valence-corrected chi connectivity index (χ1v) is 6.81. The SMILES string of the molecule is CC(C)(C)OC(=O)N1CCNCC1(C)c1cnccn1. The molecule has 1 amide bonds. The smallest absolute Gasteiger partial charge is 0.411 e. The molecule has 1 unspecified atom stereocenters. The second kappa shape index (κ2) is 5.36. The van der Waals surface area contributed by atoms with Crippen molar-refractivity contribution in [2.24, 2.45) is 0 Å². The van der Waals surface area contributed by atoms with E-state index in [-0.39, 0.29) is 6.09 Å². The van der Waals surface area contributed by atoms with Gasteiger partial charge in [-0.15, -0.1) is 0 Å². The molecule has 0 aromatic carbocycles. The van der Waals surface area contributed by atoms with Crippen molar-refractivity contribution in [2.75, 3.05) is 19.6 Å². The Morgan fingerprint density at radius 2 is 2.20 bits per heavy atom. The van der Waals surface area contributed by atoms with Gasteiger partial charge in [0.05, 0.1) is 17.4 Å². The van der Waals surface area contributed by atoms with Crippen LogP contribution in [0.15, 0.2) is 18.6 Å². The molecule has 1 aliphatic heterocycles. The Morgan fingerprint density at radius 3 is 2.80 bits per heavy atom. The zero-order valence-electron chi connectivity index (χ0n) is 12.5. The van der Waals surface area contributed by atoms with Gasteiger partial charge in [0.1, 0.15) is 5.60 Å². The summed E-state index contributed by atoms with van der Waals surface area (Å²) in [6.07, 6.45) is 4.65. The maximum absolute atomic E-state index is 12.4. The van der Waals surface area contributed by atoms with Crippen molar-refractivity contribution in [1.82, 2.24) is 20.2 Å². The zero-order chi connectivity index (χ0) is 14.8. The average Bonchev–Trinajstić information content (AvgIpc) is 2.38. The van der Waals surface area contributed by atoms with Crippen LogP contribution >= 0.6 is 0 Å². The minimum Gasteiger partial charge on any atom is -0.444 e. The molecule has 1 N–H and O–H groups in total. The number of aromatic nitrogens is 2. The van der Waals surface area contributed by atoms with Crippen LogP contribution in [-0.2, 0) is 10.3 Å². The van der Waals surface area contributed by atoms with E-state index in [0.717, 1.165) is 12.2 Å². The van der Waals surface area contributed by atoms with Gasteiger partial charge in [-0.05, 0) is 27.7 Å². The highest BCUT2D eigenvalue weighted by atomic mass is 16.6. The molecule has 1 aromatic heterocycles. The van der Waals surface area contributed by atoms with E-state index in [4.69, 9.17) is 4.74 Å². The highest BCUT2D eigenvalue weighted by molar-refractivity contribution is 5.69. The van der Waals surface area contributed by atoms with Crippen molar-refractivity contribution in [3.8, 4) is 0 Å². The van der Waals surface area contributed by atoms with E-state index in [1.807, 2.05) is 27.7 Å². The van der Waals surface area contributed by atoms with E-state index < -0.39 is 11.1 Å². The van der Waals surface area contributed by atoms with Crippen LogP contribution in [0.3, 0.4) is 0 Å². The summed E-state index contributed by atoms with van der Waals surface area (Å²) in [4.78, 5) is 22.6. The highest BCUT2D eigenvalue weighted by Crippen LogP contribution is 2.29. The molecule has 1 atom stereocenters. The van der Waals surface area contributed by atoms with Crippen molar-refractivity contribution in [3.63, 3.8) is 0 Å². The number of carbonyl (C=O) groups excluding carboxylic acids is 1. The van der Waals surface area contributed by atoms with Gasteiger partial charge in [0.2, 0.25) is 0 Å². The third kappa shape index (κ3) is 3.07. The van der Waals surface area contributed by atoms with Crippen molar-refractivity contribution in [1.29, 1.82) is 0 Å². The Balaban J connectivity index is 2.27. The Morgan fingerprint density at radius 1 is 1.45 bits per heavy atom. The molecule has 1 aromatic rings. The lowest BCUT2D eigenvalue weighted by Gasteiger charge is -2.44. The van der Waals surface area contributed by atoms with Crippen LogP contribution in [0.5, 0.6) is 0 Å². The number of rotatable bonds is 1. The molecule has 1 aliphatic rings. The molecular weight excluding hydrogens is 256 g/mol. The molecule has 0 spiro atoms. The van der Waals surface area contributed by atoms with Crippen LogP contribution in [0.2, 0.25) is 0 Å². The summed E-state index contributed by atoms with van der Waals surface area (Å²) < 4.78 is 5.51. The minimum absolute atomic E-state index is 0.313. The highest BCUT2D eigenvalue weighted by Gasteiger charge is 2.42. The van der Waals surface area contributed by atoms with Gasteiger partial charge in [-0.3, -0.25) is 14.9 Å². The molecule has 0 bridgehead atoms. The zero-order valence-corrected chi connectivity index (χ0v) is 12.5. The van der Waals surface area contributed by atoms with Crippen molar-refractivity contribution in [2.45, 2.75) is 38.8 Å². The lowest BCUT2D eigenvalue weighted by Crippen LogP contribution is -2.60.